The molecular formula is C26H19F4N5O2. The number of hydrogen-bond acceptors (Lipinski definition) is 4. The van der Waals surface area contributed by atoms with Crippen LogP contribution in [0.25, 0.3) is 28.0 Å². The number of fused-ring (bicyclic) bond motifs is 1. The van der Waals surface area contributed by atoms with Crippen LogP contribution in [0.4, 0.5) is 23.2 Å². The predicted octanol–water partition coefficient (Wildman–Crippen LogP) is 5.30. The first kappa shape index (κ1) is 24.2. The van der Waals surface area contributed by atoms with Crippen LogP contribution in [0.5, 0.6) is 0 Å². The van der Waals surface area contributed by atoms with Gasteiger partial charge in [-0.05, 0) is 29.8 Å². The normalized spacial score (nSPS) is 11.7. The van der Waals surface area contributed by atoms with E-state index in [0.717, 1.165) is 11.6 Å². The van der Waals surface area contributed by atoms with Crippen molar-refractivity contribution in [3.63, 3.8) is 0 Å². The van der Waals surface area contributed by atoms with E-state index in [4.69, 9.17) is 0 Å². The first-order chi connectivity index (χ1) is 17.7. The minimum atomic E-state index is -4.87. The van der Waals surface area contributed by atoms with Gasteiger partial charge in [0.2, 0.25) is 0 Å². The predicted molar refractivity (Wildman–Crippen MR) is 128 cm³/mol. The van der Waals surface area contributed by atoms with Crippen LogP contribution in [0, 0.1) is 5.82 Å². The number of amides is 1. The summed E-state index contributed by atoms with van der Waals surface area (Å²) in [7, 11) is 1.53. The maximum absolute atomic E-state index is 15.0. The van der Waals surface area contributed by atoms with Crippen molar-refractivity contribution in [2.24, 2.45) is 7.05 Å². The molecule has 0 aliphatic carbocycles. The zero-order valence-electron chi connectivity index (χ0n) is 19.3. The molecule has 5 aromatic rings. The van der Waals surface area contributed by atoms with E-state index in [1.807, 2.05) is 6.07 Å². The van der Waals surface area contributed by atoms with Crippen molar-refractivity contribution < 1.29 is 27.5 Å². The molecule has 0 aliphatic rings. The maximum atomic E-state index is 15.0. The van der Waals surface area contributed by atoms with Crippen LogP contribution in [0.2, 0.25) is 0 Å². The quantitative estimate of drug-likeness (QED) is 0.315. The molecular weight excluding hydrogens is 490 g/mol. The number of aliphatic hydroxyl groups is 1. The Labute approximate surface area is 207 Å². The Morgan fingerprint density at radius 3 is 2.46 bits per heavy atom. The number of carbonyl (C=O) groups excluding carboxylic acids is 1. The molecule has 0 fully saturated rings. The number of pyridine rings is 1. The highest BCUT2D eigenvalue weighted by Gasteiger charge is 2.36. The highest BCUT2D eigenvalue weighted by atomic mass is 19.4. The monoisotopic (exact) mass is 509 g/mol. The Morgan fingerprint density at radius 1 is 1.05 bits per heavy atom. The second-order valence-corrected chi connectivity index (χ2v) is 8.28. The van der Waals surface area contributed by atoms with Gasteiger partial charge in [0.05, 0.1) is 41.0 Å². The van der Waals surface area contributed by atoms with Crippen molar-refractivity contribution in [3.8, 4) is 22.4 Å². The molecule has 0 saturated carbocycles. The molecule has 11 heteroatoms. The zero-order chi connectivity index (χ0) is 26.3. The first-order valence-electron chi connectivity index (χ1n) is 11.0. The van der Waals surface area contributed by atoms with E-state index in [-0.39, 0.29) is 23.6 Å². The molecule has 1 amide bonds. The van der Waals surface area contributed by atoms with Crippen molar-refractivity contribution in [1.82, 2.24) is 19.2 Å². The lowest BCUT2D eigenvalue weighted by molar-refractivity contribution is -0.137. The summed E-state index contributed by atoms with van der Waals surface area (Å²) in [6.45, 7) is -0.319. The van der Waals surface area contributed by atoms with Gasteiger partial charge in [-0.2, -0.15) is 18.3 Å². The van der Waals surface area contributed by atoms with E-state index in [1.54, 1.807) is 40.9 Å². The number of alkyl halides is 3. The van der Waals surface area contributed by atoms with Gasteiger partial charge in [0.25, 0.3) is 5.91 Å². The van der Waals surface area contributed by atoms with E-state index >= 15 is 0 Å². The molecule has 0 saturated heterocycles. The highest BCUT2D eigenvalue weighted by molar-refractivity contribution is 6.09. The Balaban J connectivity index is 1.65. The van der Waals surface area contributed by atoms with E-state index in [1.165, 1.54) is 30.2 Å². The van der Waals surface area contributed by atoms with Gasteiger partial charge in [0.15, 0.2) is 5.65 Å². The molecule has 0 atom stereocenters. The zero-order valence-corrected chi connectivity index (χ0v) is 19.3. The molecule has 2 aromatic carbocycles. The van der Waals surface area contributed by atoms with Crippen LogP contribution in [-0.2, 0) is 19.8 Å². The van der Waals surface area contributed by atoms with Gasteiger partial charge in [-0.15, -0.1) is 0 Å². The first-order valence-corrected chi connectivity index (χ1v) is 11.0. The summed E-state index contributed by atoms with van der Waals surface area (Å²) < 4.78 is 59.0. The fraction of sp³-hybridized carbons (Fsp3) is 0.115. The van der Waals surface area contributed by atoms with Crippen LogP contribution in [0.1, 0.15) is 21.6 Å². The van der Waals surface area contributed by atoms with Crippen molar-refractivity contribution in [2.75, 3.05) is 5.32 Å². The lowest BCUT2D eigenvalue weighted by Crippen LogP contribution is -2.18. The number of hydrogen-bond donors (Lipinski definition) is 2. The van der Waals surface area contributed by atoms with E-state index in [2.05, 4.69) is 15.4 Å². The number of nitrogens with one attached hydrogen (secondary N) is 1. The largest absolute Gasteiger partial charge is 0.417 e. The second kappa shape index (κ2) is 9.17. The number of aromatic nitrogens is 4. The summed E-state index contributed by atoms with van der Waals surface area (Å²) in [6.07, 6.45) is -0.324. The fourth-order valence-electron chi connectivity index (χ4n) is 4.13. The van der Waals surface area contributed by atoms with Crippen molar-refractivity contribution in [3.05, 3.63) is 95.8 Å². The molecule has 0 bridgehead atoms. The molecule has 0 spiro atoms. The number of anilines is 1. The molecule has 3 heterocycles. The van der Waals surface area contributed by atoms with Crippen LogP contribution in [0.3, 0.4) is 0 Å². The van der Waals surface area contributed by atoms with Crippen molar-refractivity contribution in [2.45, 2.75) is 12.8 Å². The van der Waals surface area contributed by atoms with Crippen molar-refractivity contribution in [1.29, 1.82) is 0 Å². The summed E-state index contributed by atoms with van der Waals surface area (Å²) in [5.74, 6) is -2.31. The van der Waals surface area contributed by atoms with E-state index in [9.17, 15) is 27.5 Å². The average Bonchev–Trinajstić information content (AvgIpc) is 3.50. The summed E-state index contributed by atoms with van der Waals surface area (Å²) in [5.41, 5.74) is -0.126. The SMILES string of the molecule is Cn1ccc(-c2cc(C(=O)Nc3c(-c4ccccc4)ccn4c(CO)cnc34)c(F)cc2C(F)(F)F)n1. The van der Waals surface area contributed by atoms with Crippen LogP contribution < -0.4 is 5.32 Å². The van der Waals surface area contributed by atoms with Crippen LogP contribution in [0.15, 0.2) is 73.2 Å². The average molecular weight is 509 g/mol. The van der Waals surface area contributed by atoms with Crippen molar-refractivity contribution >= 4 is 17.2 Å². The number of imidazole rings is 1. The molecule has 0 aliphatic heterocycles. The lowest BCUT2D eigenvalue weighted by Gasteiger charge is -2.16. The van der Waals surface area contributed by atoms with Crippen LogP contribution in [-0.4, -0.2) is 30.2 Å². The van der Waals surface area contributed by atoms with E-state index in [0.29, 0.717) is 17.3 Å². The maximum Gasteiger partial charge on any atom is 0.417 e. The molecule has 37 heavy (non-hydrogen) atoms. The smallest absolute Gasteiger partial charge is 0.390 e. The number of aryl methyl sites for hydroxylation is 1. The van der Waals surface area contributed by atoms with Gasteiger partial charge in [-0.25, -0.2) is 9.37 Å². The van der Waals surface area contributed by atoms with Gasteiger partial charge in [-0.1, -0.05) is 30.3 Å². The Bertz CT molecular complexity index is 1620. The summed E-state index contributed by atoms with van der Waals surface area (Å²) in [5, 5.41) is 16.3. The number of aliphatic hydroxyl groups excluding tert-OH is 1. The molecule has 5 rings (SSSR count). The number of benzene rings is 2. The molecule has 7 nitrogen and oxygen atoms in total. The fourth-order valence-corrected chi connectivity index (χ4v) is 4.13. The minimum absolute atomic E-state index is 0.0585. The Morgan fingerprint density at radius 2 is 1.81 bits per heavy atom. The van der Waals surface area contributed by atoms with Gasteiger partial charge in [0, 0.05) is 30.6 Å². The molecule has 0 radical (unpaired) electrons. The summed E-state index contributed by atoms with van der Waals surface area (Å²) in [4.78, 5) is 17.6. The third-order valence-electron chi connectivity index (χ3n) is 5.89. The standard InChI is InChI=1S/C26H19F4N5O2/c1-34-9-8-22(33-34)18-11-19(21(27)12-20(18)26(28,29)30)25(37)32-23-17(15-5-3-2-4-6-15)7-10-35-16(14-36)13-31-24(23)35/h2-13,36H,14H2,1H3,(H,32,37). The van der Waals surface area contributed by atoms with Gasteiger partial charge in [-0.3, -0.25) is 13.9 Å². The van der Waals surface area contributed by atoms with Crippen LogP contribution >= 0.6 is 0 Å². The number of carbonyl (C=O) groups is 1. The van der Waals surface area contributed by atoms with Gasteiger partial charge >= 0.3 is 6.18 Å². The minimum Gasteiger partial charge on any atom is -0.390 e. The van der Waals surface area contributed by atoms with Gasteiger partial charge in [0.1, 0.15) is 5.82 Å². The van der Waals surface area contributed by atoms with Gasteiger partial charge < -0.3 is 10.4 Å². The lowest BCUT2D eigenvalue weighted by atomic mass is 9.99. The molecule has 0 unspecified atom stereocenters. The third-order valence-corrected chi connectivity index (χ3v) is 5.89. The summed E-state index contributed by atoms with van der Waals surface area (Å²) in [6, 6.07) is 13.2. The highest BCUT2D eigenvalue weighted by Crippen LogP contribution is 2.39. The Kier molecular flexibility index (Phi) is 6.00. The summed E-state index contributed by atoms with van der Waals surface area (Å²) >= 11 is 0. The molecule has 3 aromatic heterocycles. The molecule has 188 valence electrons. The van der Waals surface area contributed by atoms with E-state index < -0.39 is 34.6 Å². The topological polar surface area (TPSA) is 84.5 Å². The molecule has 2 N–H and O–H groups in total. The second-order valence-electron chi connectivity index (χ2n) is 8.28. The number of nitrogens with zero attached hydrogens (tertiary/aromatic N) is 4. The number of rotatable bonds is 5. The third kappa shape index (κ3) is 4.45. The Hall–Kier alpha value is -4.51. The number of halogens is 4.